The van der Waals surface area contributed by atoms with Gasteiger partial charge in [-0.05, 0) is 48.2 Å². The molecule has 38 heavy (non-hydrogen) atoms. The van der Waals surface area contributed by atoms with Gasteiger partial charge in [0.25, 0.3) is 0 Å². The Morgan fingerprint density at radius 1 is 0.947 bits per heavy atom. The molecular formula is C27H30F4N2O5. The van der Waals surface area contributed by atoms with E-state index < -0.39 is 35.2 Å². The average Bonchev–Trinajstić information content (AvgIpc) is 2.88. The summed E-state index contributed by atoms with van der Waals surface area (Å²) >= 11 is 0. The lowest BCUT2D eigenvalue weighted by Crippen LogP contribution is -2.54. The van der Waals surface area contributed by atoms with Crippen molar-refractivity contribution in [3.05, 3.63) is 65.0 Å². The van der Waals surface area contributed by atoms with E-state index >= 15 is 4.39 Å². The van der Waals surface area contributed by atoms with Crippen molar-refractivity contribution in [2.45, 2.75) is 56.4 Å². The Hall–Kier alpha value is -3.34. The summed E-state index contributed by atoms with van der Waals surface area (Å²) in [6, 6.07) is 8.39. The molecule has 1 heterocycles. The zero-order valence-electron chi connectivity index (χ0n) is 20.7. The first-order chi connectivity index (χ1) is 18.0. The van der Waals surface area contributed by atoms with Gasteiger partial charge in [0.15, 0.2) is 11.6 Å². The monoisotopic (exact) mass is 538 g/mol. The van der Waals surface area contributed by atoms with Gasteiger partial charge in [0, 0.05) is 26.2 Å². The van der Waals surface area contributed by atoms with Crippen LogP contribution in [0.15, 0.2) is 42.5 Å². The first-order valence-corrected chi connectivity index (χ1v) is 12.6. The van der Waals surface area contributed by atoms with Crippen molar-refractivity contribution < 1.29 is 42.1 Å². The fourth-order valence-electron chi connectivity index (χ4n) is 5.20. The number of halogens is 4. The number of aliphatic hydroxyl groups is 1. The van der Waals surface area contributed by atoms with Crippen LogP contribution in [-0.4, -0.2) is 63.8 Å². The van der Waals surface area contributed by atoms with Crippen molar-refractivity contribution in [1.29, 1.82) is 0 Å². The number of hydrogen-bond donors (Lipinski definition) is 2. The fourth-order valence-corrected chi connectivity index (χ4v) is 5.20. The van der Waals surface area contributed by atoms with Crippen LogP contribution in [0.5, 0.6) is 5.75 Å². The number of benzene rings is 2. The zero-order valence-corrected chi connectivity index (χ0v) is 20.7. The second-order valence-corrected chi connectivity index (χ2v) is 9.87. The maximum atomic E-state index is 15.1. The molecule has 4 rings (SSSR count). The van der Waals surface area contributed by atoms with Crippen LogP contribution in [0.3, 0.4) is 0 Å². The molecule has 1 aliphatic carbocycles. The summed E-state index contributed by atoms with van der Waals surface area (Å²) in [4.78, 5) is 27.6. The molecule has 7 nitrogen and oxygen atoms in total. The molecule has 206 valence electrons. The largest absolute Gasteiger partial charge is 0.486 e. The Labute approximate surface area is 217 Å². The lowest BCUT2D eigenvalue weighted by Gasteiger charge is -2.42. The van der Waals surface area contributed by atoms with Crippen LogP contribution in [-0.2, 0) is 17.6 Å². The smallest absolute Gasteiger partial charge is 0.416 e. The quantitative estimate of drug-likeness (QED) is 0.504. The van der Waals surface area contributed by atoms with Gasteiger partial charge in [0.05, 0.1) is 17.1 Å². The molecule has 1 unspecified atom stereocenters. The highest BCUT2D eigenvalue weighted by Gasteiger charge is 2.45. The average molecular weight is 539 g/mol. The summed E-state index contributed by atoms with van der Waals surface area (Å²) < 4.78 is 58.9. The van der Waals surface area contributed by atoms with Gasteiger partial charge in [-0.1, -0.05) is 37.5 Å². The van der Waals surface area contributed by atoms with E-state index in [4.69, 9.17) is 4.74 Å². The lowest BCUT2D eigenvalue weighted by molar-refractivity contribution is -0.143. The van der Waals surface area contributed by atoms with Crippen LogP contribution in [0, 0.1) is 5.82 Å². The van der Waals surface area contributed by atoms with E-state index in [0.717, 1.165) is 37.5 Å². The van der Waals surface area contributed by atoms with Crippen LogP contribution in [0.2, 0.25) is 0 Å². The summed E-state index contributed by atoms with van der Waals surface area (Å²) in [6.45, 7) is 0.492. The molecule has 2 aromatic carbocycles. The van der Waals surface area contributed by atoms with E-state index in [-0.39, 0.29) is 44.4 Å². The number of alkyl halides is 3. The molecule has 2 aliphatic rings. The molecule has 1 aliphatic heterocycles. The second kappa shape index (κ2) is 11.2. The van der Waals surface area contributed by atoms with Crippen molar-refractivity contribution >= 4 is 12.0 Å². The highest BCUT2D eigenvalue weighted by molar-refractivity contribution is 5.85. The van der Waals surface area contributed by atoms with Crippen molar-refractivity contribution in [2.75, 3.05) is 26.2 Å². The van der Waals surface area contributed by atoms with Crippen molar-refractivity contribution in [2.24, 2.45) is 0 Å². The molecule has 1 atom stereocenters. The van der Waals surface area contributed by atoms with E-state index in [1.807, 2.05) is 0 Å². The van der Waals surface area contributed by atoms with Crippen molar-refractivity contribution in [3.63, 3.8) is 0 Å². The molecule has 11 heteroatoms. The molecule has 0 bridgehead atoms. The number of carboxylic acid groups (broad SMARTS) is 1. The highest BCUT2D eigenvalue weighted by Crippen LogP contribution is 2.42. The van der Waals surface area contributed by atoms with E-state index in [1.165, 1.54) is 34.1 Å². The summed E-state index contributed by atoms with van der Waals surface area (Å²) in [5, 5.41) is 20.7. The maximum absolute atomic E-state index is 15.1. The first kappa shape index (κ1) is 27.7. The van der Waals surface area contributed by atoms with Gasteiger partial charge in [-0.15, -0.1) is 0 Å². The van der Waals surface area contributed by atoms with Gasteiger partial charge < -0.3 is 24.7 Å². The van der Waals surface area contributed by atoms with Gasteiger partial charge in [0.2, 0.25) is 5.91 Å². The molecule has 2 aromatic rings. The van der Waals surface area contributed by atoms with Gasteiger partial charge in [-0.25, -0.2) is 9.18 Å². The predicted molar refractivity (Wildman–Crippen MR) is 129 cm³/mol. The van der Waals surface area contributed by atoms with Crippen molar-refractivity contribution in [1.82, 2.24) is 9.80 Å². The third-order valence-corrected chi connectivity index (χ3v) is 7.33. The Balaban J connectivity index is 1.52. The number of hydrogen-bond acceptors (Lipinski definition) is 4. The summed E-state index contributed by atoms with van der Waals surface area (Å²) in [6.07, 6.45) is -2.38. The number of carbonyl (C=O) groups excluding carboxylic acids is 1. The van der Waals surface area contributed by atoms with Crippen LogP contribution < -0.4 is 4.74 Å². The molecule has 2 fully saturated rings. The Bertz CT molecular complexity index is 1140. The number of ether oxygens (including phenoxy) is 1. The predicted octanol–water partition coefficient (Wildman–Crippen LogP) is 5.02. The van der Waals surface area contributed by atoms with Crippen LogP contribution >= 0.6 is 0 Å². The minimum atomic E-state index is -4.46. The first-order valence-electron chi connectivity index (χ1n) is 12.6. The minimum absolute atomic E-state index is 0.134. The van der Waals surface area contributed by atoms with Crippen LogP contribution in [0.25, 0.3) is 0 Å². The number of amides is 2. The molecule has 0 aromatic heterocycles. The van der Waals surface area contributed by atoms with Gasteiger partial charge in [-0.3, -0.25) is 4.79 Å². The van der Waals surface area contributed by atoms with Crippen LogP contribution in [0.4, 0.5) is 22.4 Å². The van der Waals surface area contributed by atoms with Crippen LogP contribution in [0.1, 0.15) is 54.7 Å². The fraction of sp³-hybridized carbons (Fsp3) is 0.481. The summed E-state index contributed by atoms with van der Waals surface area (Å²) in [7, 11) is 0. The minimum Gasteiger partial charge on any atom is -0.486 e. The topological polar surface area (TPSA) is 90.3 Å². The molecule has 2 N–H and O–H groups in total. The molecule has 0 spiro atoms. The van der Waals surface area contributed by atoms with Gasteiger partial charge in [0.1, 0.15) is 6.61 Å². The number of nitrogens with zero attached hydrogens (tertiary/aromatic N) is 2. The normalized spacial score (nSPS) is 18.7. The van der Waals surface area contributed by atoms with Crippen molar-refractivity contribution in [3.8, 4) is 5.75 Å². The molecular weight excluding hydrogens is 508 g/mol. The molecule has 0 radical (unpaired) electrons. The number of piperazine rings is 1. The summed E-state index contributed by atoms with van der Waals surface area (Å²) in [5.74, 6) is -2.30. The van der Waals surface area contributed by atoms with E-state index in [2.05, 4.69) is 0 Å². The summed E-state index contributed by atoms with van der Waals surface area (Å²) in [5.41, 5.74) is -1.45. The van der Waals surface area contributed by atoms with E-state index in [1.54, 1.807) is 0 Å². The lowest BCUT2D eigenvalue weighted by atomic mass is 9.72. The second-order valence-electron chi connectivity index (χ2n) is 9.87. The van der Waals surface area contributed by atoms with Gasteiger partial charge in [-0.2, -0.15) is 13.2 Å². The Morgan fingerprint density at radius 2 is 1.55 bits per heavy atom. The molecule has 2 amide bonds. The third-order valence-electron chi connectivity index (χ3n) is 7.33. The van der Waals surface area contributed by atoms with E-state index in [9.17, 15) is 33.0 Å². The zero-order chi connectivity index (χ0) is 27.5. The highest BCUT2D eigenvalue weighted by atomic mass is 19.4. The number of rotatable bonds is 6. The van der Waals surface area contributed by atoms with Gasteiger partial charge >= 0.3 is 12.3 Å². The maximum Gasteiger partial charge on any atom is 0.416 e. The Morgan fingerprint density at radius 3 is 2.11 bits per heavy atom. The van der Waals surface area contributed by atoms with E-state index in [0.29, 0.717) is 24.0 Å². The Kier molecular flexibility index (Phi) is 8.15. The third kappa shape index (κ3) is 6.20. The standard InChI is InChI=1S/C27H30F4N2O5/c28-21-16-19(6-9-22(21)38-17-18-4-7-20(8-5-18)27(29,30)31)23(26(37)10-2-1-3-11-26)24(34)32-12-14-33(15-13-32)25(35)36/h4-9,16,23,37H,1-3,10-15,17H2,(H,35,36). The number of carbonyl (C=O) groups is 2. The SMILES string of the molecule is O=C(O)N1CCN(C(=O)C(c2ccc(OCc3ccc(C(F)(F)F)cc3)c(F)c2)C2(O)CCCCC2)CC1. The molecule has 1 saturated carbocycles. The molecule has 1 saturated heterocycles.